The smallest absolute Gasteiger partial charge is 0.0190 e. The quantitative estimate of drug-likeness (QED) is 0.609. The molecule has 0 saturated carbocycles. The molecule has 0 N–H and O–H groups in total. The molecule has 1 atom stereocenters. The average molecular weight is 194 g/mol. The first-order valence-electron chi connectivity index (χ1n) is 5.31. The Kier molecular flexibility index (Phi) is 9.86. The molecule has 1 rings (SSSR count). The van der Waals surface area contributed by atoms with Gasteiger partial charge in [0.1, 0.15) is 0 Å². The molecule has 0 spiro atoms. The minimum Gasteiger partial charge on any atom is -0.0776 e. The van der Waals surface area contributed by atoms with E-state index >= 15 is 0 Å². The molecule has 0 radical (unpaired) electrons. The van der Waals surface area contributed by atoms with Crippen LogP contribution in [0.2, 0.25) is 0 Å². The van der Waals surface area contributed by atoms with E-state index in [0.29, 0.717) is 5.92 Å². The van der Waals surface area contributed by atoms with Gasteiger partial charge in [-0.2, -0.15) is 0 Å². The second-order valence-corrected chi connectivity index (χ2v) is 3.17. The monoisotopic (exact) mass is 194 g/mol. The molecule has 0 bridgehead atoms. The predicted octanol–water partition coefficient (Wildman–Crippen LogP) is 5.17. The lowest BCUT2D eigenvalue weighted by atomic mass is 9.95. The normalized spacial score (nSPS) is 10.6. The number of hydrogen-bond donors (Lipinski definition) is 0. The summed E-state index contributed by atoms with van der Waals surface area (Å²) in [4.78, 5) is 0. The van der Waals surface area contributed by atoms with Gasteiger partial charge >= 0.3 is 0 Å². The molecule has 0 nitrogen and oxygen atoms in total. The van der Waals surface area contributed by atoms with Gasteiger partial charge in [-0.05, 0) is 30.4 Å². The van der Waals surface area contributed by atoms with Gasteiger partial charge in [0.15, 0.2) is 0 Å². The molecule has 14 heavy (non-hydrogen) atoms. The SMILES string of the molecule is C.CC.CCC(C)c1ccccc1C. The standard InChI is InChI=1S/C11H16.C2H6.CH4/c1-4-9(2)11-8-6-5-7-10(11)3;1-2;/h5-9H,4H2,1-3H3;1-2H3;1H4. The first-order valence-corrected chi connectivity index (χ1v) is 5.31. The Hall–Kier alpha value is -0.780. The van der Waals surface area contributed by atoms with Crippen molar-refractivity contribution >= 4 is 0 Å². The third kappa shape index (κ3) is 4.45. The molecule has 1 aromatic rings. The van der Waals surface area contributed by atoms with Crippen molar-refractivity contribution < 1.29 is 0 Å². The zero-order valence-corrected chi connectivity index (χ0v) is 9.59. The Balaban J connectivity index is 0. The summed E-state index contributed by atoms with van der Waals surface area (Å²) >= 11 is 0. The molecule has 0 amide bonds. The van der Waals surface area contributed by atoms with Gasteiger partial charge in [-0.3, -0.25) is 0 Å². The summed E-state index contributed by atoms with van der Waals surface area (Å²) in [5.74, 6) is 0.705. The average Bonchev–Trinajstić information content (AvgIpc) is 2.20. The van der Waals surface area contributed by atoms with Gasteiger partial charge in [-0.15, -0.1) is 0 Å². The summed E-state index contributed by atoms with van der Waals surface area (Å²) in [6, 6.07) is 8.63. The van der Waals surface area contributed by atoms with Crippen LogP contribution in [0.15, 0.2) is 24.3 Å². The lowest BCUT2D eigenvalue weighted by molar-refractivity contribution is 0.728. The minimum absolute atomic E-state index is 0. The first-order chi connectivity index (χ1) is 6.25. The lowest BCUT2D eigenvalue weighted by Crippen LogP contribution is -1.93. The van der Waals surface area contributed by atoms with Crippen molar-refractivity contribution in [1.82, 2.24) is 0 Å². The lowest BCUT2D eigenvalue weighted by Gasteiger charge is -2.11. The summed E-state index contributed by atoms with van der Waals surface area (Å²) in [6.45, 7) is 10.7. The van der Waals surface area contributed by atoms with Crippen LogP contribution in [0.25, 0.3) is 0 Å². The molecule has 1 aromatic carbocycles. The molecular formula is C14H26. The summed E-state index contributed by atoms with van der Waals surface area (Å²) < 4.78 is 0. The van der Waals surface area contributed by atoms with Crippen molar-refractivity contribution in [2.45, 2.75) is 54.4 Å². The molecule has 0 fully saturated rings. The first kappa shape index (κ1) is 15.7. The van der Waals surface area contributed by atoms with Crippen molar-refractivity contribution in [1.29, 1.82) is 0 Å². The van der Waals surface area contributed by atoms with E-state index in [1.165, 1.54) is 17.5 Å². The third-order valence-electron chi connectivity index (χ3n) is 2.33. The van der Waals surface area contributed by atoms with E-state index in [1.54, 1.807) is 0 Å². The fraction of sp³-hybridized carbons (Fsp3) is 0.571. The van der Waals surface area contributed by atoms with Crippen LogP contribution in [0.1, 0.15) is 58.6 Å². The van der Waals surface area contributed by atoms with Crippen LogP contribution in [-0.4, -0.2) is 0 Å². The summed E-state index contributed by atoms with van der Waals surface area (Å²) in [5, 5.41) is 0. The van der Waals surface area contributed by atoms with Gasteiger partial charge in [0.05, 0.1) is 0 Å². The van der Waals surface area contributed by atoms with Gasteiger partial charge < -0.3 is 0 Å². The second-order valence-electron chi connectivity index (χ2n) is 3.17. The minimum atomic E-state index is 0. The van der Waals surface area contributed by atoms with E-state index in [2.05, 4.69) is 45.0 Å². The molecule has 0 heterocycles. The molecular weight excluding hydrogens is 168 g/mol. The van der Waals surface area contributed by atoms with E-state index in [1.807, 2.05) is 13.8 Å². The summed E-state index contributed by atoms with van der Waals surface area (Å²) in [7, 11) is 0. The fourth-order valence-electron chi connectivity index (χ4n) is 1.36. The third-order valence-corrected chi connectivity index (χ3v) is 2.33. The zero-order valence-electron chi connectivity index (χ0n) is 9.59. The number of hydrogen-bond acceptors (Lipinski definition) is 0. The van der Waals surface area contributed by atoms with Crippen LogP contribution in [0, 0.1) is 6.92 Å². The molecule has 0 saturated heterocycles. The maximum atomic E-state index is 2.28. The van der Waals surface area contributed by atoms with Gasteiger partial charge in [0.2, 0.25) is 0 Å². The maximum Gasteiger partial charge on any atom is -0.0190 e. The van der Waals surface area contributed by atoms with Crippen LogP contribution in [0.4, 0.5) is 0 Å². The molecule has 82 valence electrons. The van der Waals surface area contributed by atoms with Crippen molar-refractivity contribution in [2.75, 3.05) is 0 Å². The predicted molar refractivity (Wildman–Crippen MR) is 68.0 cm³/mol. The zero-order chi connectivity index (χ0) is 10.3. The number of rotatable bonds is 2. The summed E-state index contributed by atoms with van der Waals surface area (Å²) in [5.41, 5.74) is 2.91. The molecule has 1 unspecified atom stereocenters. The van der Waals surface area contributed by atoms with E-state index in [4.69, 9.17) is 0 Å². The van der Waals surface area contributed by atoms with Crippen molar-refractivity contribution in [3.05, 3.63) is 35.4 Å². The van der Waals surface area contributed by atoms with E-state index < -0.39 is 0 Å². The van der Waals surface area contributed by atoms with Crippen molar-refractivity contribution in [3.8, 4) is 0 Å². The largest absolute Gasteiger partial charge is 0.0776 e. The Labute approximate surface area is 90.4 Å². The molecule has 0 aliphatic rings. The molecule has 0 aliphatic carbocycles. The Morgan fingerprint density at radius 3 is 2.07 bits per heavy atom. The number of aryl methyl sites for hydroxylation is 1. The Morgan fingerprint density at radius 2 is 1.64 bits per heavy atom. The van der Waals surface area contributed by atoms with E-state index in [9.17, 15) is 0 Å². The molecule has 0 aromatic heterocycles. The van der Waals surface area contributed by atoms with Crippen LogP contribution in [0.3, 0.4) is 0 Å². The highest BCUT2D eigenvalue weighted by Crippen LogP contribution is 2.21. The van der Waals surface area contributed by atoms with Crippen LogP contribution in [0.5, 0.6) is 0 Å². The van der Waals surface area contributed by atoms with Gasteiger partial charge in [-0.25, -0.2) is 0 Å². The van der Waals surface area contributed by atoms with Gasteiger partial charge in [0.25, 0.3) is 0 Å². The fourth-order valence-corrected chi connectivity index (χ4v) is 1.36. The van der Waals surface area contributed by atoms with Gasteiger partial charge in [0, 0.05) is 0 Å². The molecule has 0 heteroatoms. The highest BCUT2D eigenvalue weighted by atomic mass is 14.1. The Morgan fingerprint density at radius 1 is 1.14 bits per heavy atom. The van der Waals surface area contributed by atoms with Crippen LogP contribution in [-0.2, 0) is 0 Å². The summed E-state index contributed by atoms with van der Waals surface area (Å²) in [6.07, 6.45) is 1.23. The van der Waals surface area contributed by atoms with Gasteiger partial charge in [-0.1, -0.05) is 59.4 Å². The number of benzene rings is 1. The molecule has 0 aliphatic heterocycles. The Bertz CT molecular complexity index is 225. The highest BCUT2D eigenvalue weighted by Gasteiger charge is 2.03. The second kappa shape index (κ2) is 8.80. The maximum absolute atomic E-state index is 2.28. The van der Waals surface area contributed by atoms with E-state index in [0.717, 1.165) is 0 Å². The van der Waals surface area contributed by atoms with Crippen LogP contribution >= 0.6 is 0 Å². The van der Waals surface area contributed by atoms with Crippen molar-refractivity contribution in [2.24, 2.45) is 0 Å². The van der Waals surface area contributed by atoms with E-state index in [-0.39, 0.29) is 7.43 Å². The van der Waals surface area contributed by atoms with Crippen molar-refractivity contribution in [3.63, 3.8) is 0 Å². The van der Waals surface area contributed by atoms with Crippen LogP contribution < -0.4 is 0 Å². The highest BCUT2D eigenvalue weighted by molar-refractivity contribution is 5.28. The topological polar surface area (TPSA) is 0 Å².